The summed E-state index contributed by atoms with van der Waals surface area (Å²) in [4.78, 5) is 13.9. The molecule has 0 unspecified atom stereocenters. The molecule has 1 rings (SSSR count). The summed E-state index contributed by atoms with van der Waals surface area (Å²) in [6.45, 7) is 3.49. The minimum Gasteiger partial charge on any atom is -0.496 e. The third-order valence-electron chi connectivity index (χ3n) is 2.73. The van der Waals surface area contributed by atoms with Gasteiger partial charge in [-0.2, -0.15) is 0 Å². The van der Waals surface area contributed by atoms with Crippen LogP contribution in [0.15, 0.2) is 18.2 Å². The first kappa shape index (κ1) is 13.6. The number of methoxy groups -OCH3 is 1. The van der Waals surface area contributed by atoms with E-state index in [-0.39, 0.29) is 11.3 Å². The second-order valence-electron chi connectivity index (χ2n) is 3.89. The van der Waals surface area contributed by atoms with Gasteiger partial charge in [0.15, 0.2) is 5.78 Å². The molecule has 0 spiro atoms. The number of benzene rings is 1. The Kier molecular flexibility index (Phi) is 5.10. The highest BCUT2D eigenvalue weighted by Gasteiger charge is 2.17. The van der Waals surface area contributed by atoms with Crippen molar-refractivity contribution in [2.24, 2.45) is 0 Å². The van der Waals surface area contributed by atoms with Crippen LogP contribution >= 0.6 is 0 Å². The standard InChI is InChI=1S/C13H18FNO2/c1-4-15(2)9-8-11(16)13-10(14)6-5-7-12(13)17-3/h5-7H,4,8-9H2,1-3H3. The summed E-state index contributed by atoms with van der Waals surface area (Å²) >= 11 is 0. The summed E-state index contributed by atoms with van der Waals surface area (Å²) in [5, 5.41) is 0. The number of carbonyl (C=O) groups excluding carboxylic acids is 1. The molecule has 0 bridgehead atoms. The highest BCUT2D eigenvalue weighted by molar-refractivity contribution is 5.99. The lowest BCUT2D eigenvalue weighted by Gasteiger charge is -2.14. The van der Waals surface area contributed by atoms with Crippen LogP contribution < -0.4 is 4.74 Å². The van der Waals surface area contributed by atoms with Crippen LogP contribution in [0.4, 0.5) is 4.39 Å². The predicted molar refractivity (Wildman–Crippen MR) is 65.1 cm³/mol. The lowest BCUT2D eigenvalue weighted by atomic mass is 10.1. The first-order valence-electron chi connectivity index (χ1n) is 5.64. The SMILES string of the molecule is CCN(C)CCC(=O)c1c(F)cccc1OC. The molecule has 3 nitrogen and oxygen atoms in total. The molecule has 94 valence electrons. The Morgan fingerprint density at radius 2 is 2.18 bits per heavy atom. The molecule has 0 atom stereocenters. The molecule has 0 heterocycles. The molecule has 0 aliphatic heterocycles. The second kappa shape index (κ2) is 6.35. The van der Waals surface area contributed by atoms with E-state index in [0.29, 0.717) is 18.7 Å². The number of halogens is 1. The van der Waals surface area contributed by atoms with Crippen LogP contribution in [0.1, 0.15) is 23.7 Å². The van der Waals surface area contributed by atoms with Crippen molar-refractivity contribution in [1.82, 2.24) is 4.90 Å². The van der Waals surface area contributed by atoms with Gasteiger partial charge in [-0.1, -0.05) is 13.0 Å². The van der Waals surface area contributed by atoms with E-state index >= 15 is 0 Å². The summed E-state index contributed by atoms with van der Waals surface area (Å²) in [7, 11) is 3.36. The van der Waals surface area contributed by atoms with E-state index in [0.717, 1.165) is 6.54 Å². The van der Waals surface area contributed by atoms with E-state index in [9.17, 15) is 9.18 Å². The predicted octanol–water partition coefficient (Wildman–Crippen LogP) is 2.36. The molecule has 0 saturated carbocycles. The van der Waals surface area contributed by atoms with Gasteiger partial charge in [-0.15, -0.1) is 0 Å². The van der Waals surface area contributed by atoms with Crippen LogP contribution in [0.3, 0.4) is 0 Å². The quantitative estimate of drug-likeness (QED) is 0.714. The van der Waals surface area contributed by atoms with E-state index in [4.69, 9.17) is 4.74 Å². The van der Waals surface area contributed by atoms with Gasteiger partial charge in [0.25, 0.3) is 0 Å². The molecule has 0 aliphatic carbocycles. The molecule has 0 radical (unpaired) electrons. The van der Waals surface area contributed by atoms with Gasteiger partial charge in [0.2, 0.25) is 0 Å². The maximum Gasteiger partial charge on any atom is 0.170 e. The van der Waals surface area contributed by atoms with Gasteiger partial charge in [0.1, 0.15) is 11.6 Å². The Labute approximate surface area is 101 Å². The highest BCUT2D eigenvalue weighted by Crippen LogP contribution is 2.22. The van der Waals surface area contributed by atoms with Crippen LogP contribution in [0.5, 0.6) is 5.75 Å². The van der Waals surface area contributed by atoms with E-state index in [2.05, 4.69) is 0 Å². The van der Waals surface area contributed by atoms with E-state index in [1.165, 1.54) is 19.2 Å². The molecular weight excluding hydrogens is 221 g/mol. The van der Waals surface area contributed by atoms with Gasteiger partial charge in [0.05, 0.1) is 12.7 Å². The van der Waals surface area contributed by atoms with Gasteiger partial charge >= 0.3 is 0 Å². The van der Waals surface area contributed by atoms with Crippen molar-refractivity contribution >= 4 is 5.78 Å². The largest absolute Gasteiger partial charge is 0.496 e. The maximum atomic E-state index is 13.6. The van der Waals surface area contributed by atoms with Crippen molar-refractivity contribution in [3.63, 3.8) is 0 Å². The smallest absolute Gasteiger partial charge is 0.170 e. The Balaban J connectivity index is 2.81. The van der Waals surface area contributed by atoms with Crippen molar-refractivity contribution < 1.29 is 13.9 Å². The monoisotopic (exact) mass is 239 g/mol. The summed E-state index contributed by atoms with van der Waals surface area (Å²) in [6.07, 6.45) is 0.293. The van der Waals surface area contributed by atoms with Crippen LogP contribution in [0.2, 0.25) is 0 Å². The van der Waals surface area contributed by atoms with Crippen molar-refractivity contribution in [1.29, 1.82) is 0 Å². The zero-order valence-corrected chi connectivity index (χ0v) is 10.5. The average molecular weight is 239 g/mol. The van der Waals surface area contributed by atoms with Crippen LogP contribution in [-0.4, -0.2) is 37.9 Å². The molecular formula is C13H18FNO2. The molecule has 0 aromatic heterocycles. The number of hydrogen-bond donors (Lipinski definition) is 0. The van der Waals surface area contributed by atoms with Gasteiger partial charge in [-0.05, 0) is 25.7 Å². The fourth-order valence-electron chi connectivity index (χ4n) is 1.52. The number of rotatable bonds is 6. The summed E-state index contributed by atoms with van der Waals surface area (Å²) < 4.78 is 18.6. The van der Waals surface area contributed by atoms with Gasteiger partial charge in [-0.25, -0.2) is 4.39 Å². The fourth-order valence-corrected chi connectivity index (χ4v) is 1.52. The molecule has 1 aromatic rings. The minimum absolute atomic E-state index is 0.0551. The third-order valence-corrected chi connectivity index (χ3v) is 2.73. The molecule has 0 fully saturated rings. The highest BCUT2D eigenvalue weighted by atomic mass is 19.1. The molecule has 4 heteroatoms. The Morgan fingerprint density at radius 1 is 1.47 bits per heavy atom. The van der Waals surface area contributed by atoms with Crippen LogP contribution in [0, 0.1) is 5.82 Å². The molecule has 0 amide bonds. The molecule has 0 aliphatic rings. The molecule has 0 saturated heterocycles. The van der Waals surface area contributed by atoms with Crippen molar-refractivity contribution in [2.45, 2.75) is 13.3 Å². The van der Waals surface area contributed by atoms with Crippen molar-refractivity contribution in [2.75, 3.05) is 27.2 Å². The number of carbonyl (C=O) groups is 1. The fraction of sp³-hybridized carbons (Fsp3) is 0.462. The Hall–Kier alpha value is -1.42. The zero-order valence-electron chi connectivity index (χ0n) is 10.5. The summed E-state index contributed by atoms with van der Waals surface area (Å²) in [6, 6.07) is 4.41. The van der Waals surface area contributed by atoms with E-state index in [1.807, 2.05) is 18.9 Å². The van der Waals surface area contributed by atoms with Gasteiger partial charge in [0, 0.05) is 13.0 Å². The van der Waals surface area contributed by atoms with Crippen molar-refractivity contribution in [3.05, 3.63) is 29.6 Å². The minimum atomic E-state index is -0.520. The normalized spacial score (nSPS) is 10.6. The summed E-state index contributed by atoms with van der Waals surface area (Å²) in [5.41, 5.74) is 0.0551. The lowest BCUT2D eigenvalue weighted by Crippen LogP contribution is -2.21. The third kappa shape index (κ3) is 3.53. The van der Waals surface area contributed by atoms with E-state index < -0.39 is 5.82 Å². The first-order valence-corrected chi connectivity index (χ1v) is 5.64. The van der Waals surface area contributed by atoms with Gasteiger partial charge < -0.3 is 9.64 Å². The van der Waals surface area contributed by atoms with Crippen LogP contribution in [-0.2, 0) is 0 Å². The van der Waals surface area contributed by atoms with Crippen LogP contribution in [0.25, 0.3) is 0 Å². The number of ketones is 1. The molecule has 0 N–H and O–H groups in total. The Morgan fingerprint density at radius 3 is 2.76 bits per heavy atom. The topological polar surface area (TPSA) is 29.5 Å². The summed E-state index contributed by atoms with van der Waals surface area (Å²) in [5.74, 6) is -0.442. The number of Topliss-reactive ketones (excluding diaryl/α,β-unsaturated/α-hetero) is 1. The average Bonchev–Trinajstić information content (AvgIpc) is 2.34. The molecule has 1 aromatic carbocycles. The van der Waals surface area contributed by atoms with E-state index in [1.54, 1.807) is 6.07 Å². The second-order valence-corrected chi connectivity index (χ2v) is 3.89. The molecule has 17 heavy (non-hydrogen) atoms. The number of ether oxygens (including phenoxy) is 1. The van der Waals surface area contributed by atoms with Gasteiger partial charge in [-0.3, -0.25) is 4.79 Å². The van der Waals surface area contributed by atoms with Crippen molar-refractivity contribution in [3.8, 4) is 5.75 Å². The number of nitrogens with zero attached hydrogens (tertiary/aromatic N) is 1. The first-order chi connectivity index (χ1) is 8.10. The Bertz CT molecular complexity index is 393. The maximum absolute atomic E-state index is 13.6. The lowest BCUT2D eigenvalue weighted by molar-refractivity contribution is 0.0963. The zero-order chi connectivity index (χ0) is 12.8. The number of hydrogen-bond acceptors (Lipinski definition) is 3.